The van der Waals surface area contributed by atoms with E-state index in [0.29, 0.717) is 28.6 Å². The maximum absolute atomic E-state index is 12.7. The van der Waals surface area contributed by atoms with Gasteiger partial charge in [-0.1, -0.05) is 26.8 Å². The summed E-state index contributed by atoms with van der Waals surface area (Å²) in [4.78, 5) is 42.2. The maximum Gasteiger partial charge on any atom is 0.279 e. The number of likely N-dealkylation sites (tertiary alicyclic amines) is 1. The third-order valence-corrected chi connectivity index (χ3v) is 8.47. The van der Waals surface area contributed by atoms with Crippen LogP contribution in [0.15, 0.2) is 23.6 Å². The van der Waals surface area contributed by atoms with Gasteiger partial charge in [-0.05, 0) is 66.5 Å². The summed E-state index contributed by atoms with van der Waals surface area (Å²) in [7, 11) is 0. The summed E-state index contributed by atoms with van der Waals surface area (Å²) in [5, 5.41) is 1.85. The van der Waals surface area contributed by atoms with E-state index in [2.05, 4.69) is 31.6 Å². The van der Waals surface area contributed by atoms with Gasteiger partial charge in [0.15, 0.2) is 0 Å². The second-order valence-electron chi connectivity index (χ2n) is 9.44. The third kappa shape index (κ3) is 4.70. The number of amides is 3. The number of thiophene rings is 2. The molecule has 2 aliphatic rings. The number of nitrogens with one attached hydrogen (secondary N) is 2. The van der Waals surface area contributed by atoms with Crippen molar-refractivity contribution in [1.29, 1.82) is 0 Å². The largest absolute Gasteiger partial charge is 0.326 e. The van der Waals surface area contributed by atoms with E-state index >= 15 is 0 Å². The SMILES string of the molecule is CC(C)(C)C1CCc2sc(C(=O)NNC(=O)C3CCCN3C(=O)c3cccs3)cc2C1. The van der Waals surface area contributed by atoms with Gasteiger partial charge in [-0.25, -0.2) is 0 Å². The van der Waals surface area contributed by atoms with Crippen molar-refractivity contribution >= 4 is 40.4 Å². The number of carbonyl (C=O) groups is 3. The highest BCUT2D eigenvalue weighted by Crippen LogP contribution is 2.40. The normalized spacial score (nSPS) is 20.9. The van der Waals surface area contributed by atoms with Gasteiger partial charge >= 0.3 is 0 Å². The van der Waals surface area contributed by atoms with Gasteiger partial charge in [-0.3, -0.25) is 25.2 Å². The summed E-state index contributed by atoms with van der Waals surface area (Å²) in [6, 6.07) is 5.01. The fraction of sp³-hybridized carbons (Fsp3) is 0.522. The van der Waals surface area contributed by atoms with Gasteiger partial charge in [0.05, 0.1) is 9.75 Å². The van der Waals surface area contributed by atoms with E-state index in [1.807, 2.05) is 17.5 Å². The zero-order chi connectivity index (χ0) is 22.2. The lowest BCUT2D eigenvalue weighted by Crippen LogP contribution is -2.51. The Bertz CT molecular complexity index is 975. The molecule has 2 unspecified atom stereocenters. The summed E-state index contributed by atoms with van der Waals surface area (Å²) in [5.41, 5.74) is 6.62. The van der Waals surface area contributed by atoms with Crippen molar-refractivity contribution in [3.05, 3.63) is 43.8 Å². The molecule has 1 aliphatic carbocycles. The molecule has 0 aromatic carbocycles. The van der Waals surface area contributed by atoms with Gasteiger partial charge < -0.3 is 4.90 Å². The van der Waals surface area contributed by atoms with Crippen molar-refractivity contribution in [2.45, 2.75) is 58.9 Å². The molecule has 1 saturated heterocycles. The van der Waals surface area contributed by atoms with Crippen LogP contribution in [0.5, 0.6) is 0 Å². The summed E-state index contributed by atoms with van der Waals surface area (Å²) in [6.07, 6.45) is 4.51. The number of aryl methyl sites for hydroxylation is 1. The first kappa shape index (κ1) is 22.0. The minimum atomic E-state index is -0.556. The first-order chi connectivity index (χ1) is 14.7. The Labute approximate surface area is 191 Å². The van der Waals surface area contributed by atoms with E-state index in [4.69, 9.17) is 0 Å². The zero-order valence-corrected chi connectivity index (χ0v) is 19.8. The molecule has 2 aromatic rings. The van der Waals surface area contributed by atoms with Crippen molar-refractivity contribution in [3.8, 4) is 0 Å². The average Bonchev–Trinajstić information content (AvgIpc) is 3.49. The number of hydrazine groups is 1. The van der Waals surface area contributed by atoms with E-state index in [9.17, 15) is 14.4 Å². The number of carbonyl (C=O) groups excluding carboxylic acids is 3. The molecule has 6 nitrogen and oxygen atoms in total. The van der Waals surface area contributed by atoms with Crippen LogP contribution in [-0.2, 0) is 17.6 Å². The molecule has 0 saturated carbocycles. The molecule has 31 heavy (non-hydrogen) atoms. The molecular formula is C23H29N3O3S2. The fourth-order valence-electron chi connectivity index (χ4n) is 4.46. The number of rotatable bonds is 3. The lowest BCUT2D eigenvalue weighted by molar-refractivity contribution is -0.125. The molecule has 3 amide bonds. The van der Waals surface area contributed by atoms with Crippen LogP contribution in [0, 0.1) is 11.3 Å². The summed E-state index contributed by atoms with van der Waals surface area (Å²) in [5.74, 6) is -0.156. The number of hydrogen-bond acceptors (Lipinski definition) is 5. The third-order valence-electron chi connectivity index (χ3n) is 6.38. The van der Waals surface area contributed by atoms with Gasteiger partial charge in [0.1, 0.15) is 6.04 Å². The lowest BCUT2D eigenvalue weighted by Gasteiger charge is -2.33. The molecule has 4 rings (SSSR count). The van der Waals surface area contributed by atoms with Crippen LogP contribution in [0.25, 0.3) is 0 Å². The zero-order valence-electron chi connectivity index (χ0n) is 18.2. The van der Waals surface area contributed by atoms with Gasteiger partial charge in [0, 0.05) is 11.4 Å². The van der Waals surface area contributed by atoms with E-state index in [1.165, 1.54) is 33.1 Å². The predicted molar refractivity (Wildman–Crippen MR) is 123 cm³/mol. The van der Waals surface area contributed by atoms with Crippen LogP contribution in [-0.4, -0.2) is 35.2 Å². The molecule has 0 bridgehead atoms. The van der Waals surface area contributed by atoms with Crippen molar-refractivity contribution in [3.63, 3.8) is 0 Å². The highest BCUT2D eigenvalue weighted by molar-refractivity contribution is 7.14. The second-order valence-corrected chi connectivity index (χ2v) is 11.5. The molecule has 2 atom stereocenters. The smallest absolute Gasteiger partial charge is 0.279 e. The van der Waals surface area contributed by atoms with Crippen LogP contribution in [0.3, 0.4) is 0 Å². The van der Waals surface area contributed by atoms with Crippen LogP contribution in [0.4, 0.5) is 0 Å². The highest BCUT2D eigenvalue weighted by Gasteiger charge is 2.35. The van der Waals surface area contributed by atoms with E-state index in [1.54, 1.807) is 11.0 Å². The Morgan fingerprint density at radius 1 is 1.13 bits per heavy atom. The predicted octanol–water partition coefficient (Wildman–Crippen LogP) is 4.03. The molecule has 0 radical (unpaired) electrons. The number of hydrogen-bond donors (Lipinski definition) is 2. The van der Waals surface area contributed by atoms with E-state index < -0.39 is 6.04 Å². The van der Waals surface area contributed by atoms with Gasteiger partial charge in [-0.15, -0.1) is 22.7 Å². The average molecular weight is 460 g/mol. The number of fused-ring (bicyclic) bond motifs is 1. The van der Waals surface area contributed by atoms with Crippen LogP contribution >= 0.6 is 22.7 Å². The monoisotopic (exact) mass is 459 g/mol. The van der Waals surface area contributed by atoms with E-state index in [-0.39, 0.29) is 23.1 Å². The van der Waals surface area contributed by atoms with Crippen LogP contribution in [0.2, 0.25) is 0 Å². The Morgan fingerprint density at radius 2 is 1.94 bits per heavy atom. The quantitative estimate of drug-likeness (QED) is 0.681. The Hall–Kier alpha value is -2.19. The maximum atomic E-state index is 12.7. The van der Waals surface area contributed by atoms with Gasteiger partial charge in [0.2, 0.25) is 0 Å². The molecule has 0 spiro atoms. The van der Waals surface area contributed by atoms with Crippen molar-refractivity contribution in [2.75, 3.05) is 6.54 Å². The first-order valence-corrected chi connectivity index (χ1v) is 12.5. The van der Waals surface area contributed by atoms with Crippen molar-refractivity contribution in [1.82, 2.24) is 15.8 Å². The number of nitrogens with zero attached hydrogens (tertiary/aromatic N) is 1. The minimum Gasteiger partial charge on any atom is -0.326 e. The summed E-state index contributed by atoms with van der Waals surface area (Å²) < 4.78 is 0. The molecule has 1 aliphatic heterocycles. The molecular weight excluding hydrogens is 430 g/mol. The Balaban J connectivity index is 1.35. The molecule has 2 N–H and O–H groups in total. The van der Waals surface area contributed by atoms with E-state index in [0.717, 1.165) is 25.7 Å². The van der Waals surface area contributed by atoms with Crippen LogP contribution in [0.1, 0.15) is 69.8 Å². The lowest BCUT2D eigenvalue weighted by atomic mass is 9.72. The highest BCUT2D eigenvalue weighted by atomic mass is 32.1. The Kier molecular flexibility index (Phi) is 6.21. The molecule has 1 fully saturated rings. The fourth-order valence-corrected chi connectivity index (χ4v) is 6.24. The first-order valence-electron chi connectivity index (χ1n) is 10.8. The molecule has 2 aromatic heterocycles. The van der Waals surface area contributed by atoms with Crippen LogP contribution < -0.4 is 10.9 Å². The van der Waals surface area contributed by atoms with Crippen molar-refractivity contribution in [2.24, 2.45) is 11.3 Å². The molecule has 8 heteroatoms. The Morgan fingerprint density at radius 3 is 2.65 bits per heavy atom. The standard InChI is InChI=1S/C23H29N3O3S2/c1-23(2,3)15-8-9-17-14(12-15)13-19(31-17)21(28)25-24-20(27)16-6-4-10-26(16)22(29)18-7-5-11-30-18/h5,7,11,13,15-16H,4,6,8-10,12H2,1-3H3,(H,24,27)(H,25,28). The summed E-state index contributed by atoms with van der Waals surface area (Å²) >= 11 is 2.89. The van der Waals surface area contributed by atoms with Crippen molar-refractivity contribution < 1.29 is 14.4 Å². The van der Waals surface area contributed by atoms with Gasteiger partial charge in [-0.2, -0.15) is 0 Å². The minimum absolute atomic E-state index is 0.127. The summed E-state index contributed by atoms with van der Waals surface area (Å²) in [6.45, 7) is 7.37. The van der Waals surface area contributed by atoms with Gasteiger partial charge in [0.25, 0.3) is 17.7 Å². The molecule has 166 valence electrons. The second kappa shape index (κ2) is 8.74. The topological polar surface area (TPSA) is 78.5 Å². The molecule has 3 heterocycles.